The van der Waals surface area contributed by atoms with Gasteiger partial charge in [0.25, 0.3) is 0 Å². The van der Waals surface area contributed by atoms with Crippen LogP contribution < -0.4 is 5.73 Å². The van der Waals surface area contributed by atoms with Gasteiger partial charge in [0.2, 0.25) is 0 Å². The SMILES string of the molecule is Cc1ccc(C2CC(N)CN2C)cc1. The Kier molecular flexibility index (Phi) is 2.57. The van der Waals surface area contributed by atoms with Gasteiger partial charge in [-0.2, -0.15) is 0 Å². The fourth-order valence-electron chi connectivity index (χ4n) is 2.22. The molecule has 2 nitrogen and oxygen atoms in total. The van der Waals surface area contributed by atoms with Crippen LogP contribution in [0.25, 0.3) is 0 Å². The number of hydrogen-bond acceptors (Lipinski definition) is 2. The Hall–Kier alpha value is -0.860. The monoisotopic (exact) mass is 190 g/mol. The summed E-state index contributed by atoms with van der Waals surface area (Å²) in [5.74, 6) is 0. The molecule has 76 valence electrons. The molecular formula is C12H18N2. The molecular weight excluding hydrogens is 172 g/mol. The van der Waals surface area contributed by atoms with Crippen LogP contribution in [-0.4, -0.2) is 24.5 Å². The van der Waals surface area contributed by atoms with E-state index in [0.29, 0.717) is 12.1 Å². The Morgan fingerprint density at radius 1 is 1.29 bits per heavy atom. The van der Waals surface area contributed by atoms with Gasteiger partial charge in [-0.25, -0.2) is 0 Å². The van der Waals surface area contributed by atoms with E-state index in [-0.39, 0.29) is 0 Å². The second kappa shape index (κ2) is 3.71. The lowest BCUT2D eigenvalue weighted by atomic mass is 10.0. The predicted octanol–water partition coefficient (Wildman–Crippen LogP) is 1.70. The Bertz CT molecular complexity index is 305. The van der Waals surface area contributed by atoms with E-state index in [1.54, 1.807) is 0 Å². The molecule has 1 saturated heterocycles. The van der Waals surface area contributed by atoms with E-state index in [1.807, 2.05) is 0 Å². The number of hydrogen-bond donors (Lipinski definition) is 1. The molecule has 1 fully saturated rings. The lowest BCUT2D eigenvalue weighted by molar-refractivity contribution is 0.316. The van der Waals surface area contributed by atoms with Gasteiger partial charge in [0.1, 0.15) is 0 Å². The van der Waals surface area contributed by atoms with Crippen molar-refractivity contribution in [1.82, 2.24) is 4.90 Å². The van der Waals surface area contributed by atoms with E-state index < -0.39 is 0 Å². The lowest BCUT2D eigenvalue weighted by Crippen LogP contribution is -2.24. The third-order valence-corrected chi connectivity index (χ3v) is 3.04. The molecule has 1 aliphatic rings. The second-order valence-corrected chi connectivity index (χ2v) is 4.36. The minimum Gasteiger partial charge on any atom is -0.326 e. The number of benzene rings is 1. The number of nitrogens with two attached hydrogens (primary N) is 1. The Labute approximate surface area is 85.7 Å². The van der Waals surface area contributed by atoms with Gasteiger partial charge in [-0.15, -0.1) is 0 Å². The standard InChI is InChI=1S/C12H18N2/c1-9-3-5-10(6-4-9)12-7-11(13)8-14(12)2/h3-6,11-12H,7-8,13H2,1-2H3. The minimum absolute atomic E-state index is 0.339. The van der Waals surface area contributed by atoms with E-state index in [0.717, 1.165) is 13.0 Å². The second-order valence-electron chi connectivity index (χ2n) is 4.36. The van der Waals surface area contributed by atoms with E-state index in [2.05, 4.69) is 43.1 Å². The zero-order valence-electron chi connectivity index (χ0n) is 8.90. The number of nitrogens with zero attached hydrogens (tertiary/aromatic N) is 1. The highest BCUT2D eigenvalue weighted by Crippen LogP contribution is 2.29. The molecule has 2 rings (SSSR count). The predicted molar refractivity (Wildman–Crippen MR) is 59.1 cm³/mol. The van der Waals surface area contributed by atoms with Crippen molar-refractivity contribution in [3.05, 3.63) is 35.4 Å². The molecule has 0 radical (unpaired) electrons. The average molecular weight is 190 g/mol. The summed E-state index contributed by atoms with van der Waals surface area (Å²) in [7, 11) is 2.15. The van der Waals surface area contributed by atoms with Crippen LogP contribution in [0.3, 0.4) is 0 Å². The van der Waals surface area contributed by atoms with Gasteiger partial charge >= 0.3 is 0 Å². The zero-order chi connectivity index (χ0) is 10.1. The van der Waals surface area contributed by atoms with Crippen LogP contribution >= 0.6 is 0 Å². The van der Waals surface area contributed by atoms with Gasteiger partial charge in [-0.3, -0.25) is 4.90 Å². The van der Waals surface area contributed by atoms with Crippen molar-refractivity contribution < 1.29 is 0 Å². The summed E-state index contributed by atoms with van der Waals surface area (Å²) >= 11 is 0. The molecule has 0 aromatic heterocycles. The Balaban J connectivity index is 2.19. The molecule has 2 heteroatoms. The van der Waals surface area contributed by atoms with Crippen LogP contribution in [-0.2, 0) is 0 Å². The van der Waals surface area contributed by atoms with E-state index >= 15 is 0 Å². The fourth-order valence-corrected chi connectivity index (χ4v) is 2.22. The van der Waals surface area contributed by atoms with Crippen LogP contribution in [0.1, 0.15) is 23.6 Å². The van der Waals surface area contributed by atoms with Crippen molar-refractivity contribution in [2.75, 3.05) is 13.6 Å². The molecule has 0 bridgehead atoms. The molecule has 0 saturated carbocycles. The molecule has 1 heterocycles. The smallest absolute Gasteiger partial charge is 0.0360 e. The Morgan fingerprint density at radius 3 is 2.43 bits per heavy atom. The first-order valence-corrected chi connectivity index (χ1v) is 5.19. The highest BCUT2D eigenvalue weighted by Gasteiger charge is 2.27. The largest absolute Gasteiger partial charge is 0.326 e. The highest BCUT2D eigenvalue weighted by atomic mass is 15.2. The quantitative estimate of drug-likeness (QED) is 0.730. The summed E-state index contributed by atoms with van der Waals surface area (Å²) in [6.07, 6.45) is 1.08. The normalized spacial score (nSPS) is 28.2. The molecule has 2 N–H and O–H groups in total. The van der Waals surface area contributed by atoms with Gasteiger partial charge < -0.3 is 5.73 Å². The maximum atomic E-state index is 5.94. The summed E-state index contributed by atoms with van der Waals surface area (Å²) < 4.78 is 0. The average Bonchev–Trinajstić information content (AvgIpc) is 2.47. The Morgan fingerprint density at radius 2 is 1.93 bits per heavy atom. The van der Waals surface area contributed by atoms with E-state index in [4.69, 9.17) is 5.73 Å². The number of likely N-dealkylation sites (tertiary alicyclic amines) is 1. The first kappa shape index (κ1) is 9.69. The third kappa shape index (κ3) is 1.81. The van der Waals surface area contributed by atoms with Gasteiger partial charge in [0, 0.05) is 18.6 Å². The topological polar surface area (TPSA) is 29.3 Å². The molecule has 2 atom stereocenters. The molecule has 14 heavy (non-hydrogen) atoms. The van der Waals surface area contributed by atoms with Crippen molar-refractivity contribution in [2.24, 2.45) is 5.73 Å². The molecule has 1 aliphatic heterocycles. The molecule has 1 aromatic carbocycles. The van der Waals surface area contributed by atoms with Crippen molar-refractivity contribution in [1.29, 1.82) is 0 Å². The van der Waals surface area contributed by atoms with Crippen molar-refractivity contribution in [3.8, 4) is 0 Å². The number of likely N-dealkylation sites (N-methyl/N-ethyl adjacent to an activating group) is 1. The molecule has 0 spiro atoms. The summed E-state index contributed by atoms with van der Waals surface area (Å²) in [5.41, 5.74) is 8.65. The summed E-state index contributed by atoms with van der Waals surface area (Å²) in [5, 5.41) is 0. The van der Waals surface area contributed by atoms with E-state index in [9.17, 15) is 0 Å². The zero-order valence-corrected chi connectivity index (χ0v) is 8.90. The maximum absolute atomic E-state index is 5.94. The van der Waals surface area contributed by atoms with Crippen molar-refractivity contribution in [2.45, 2.75) is 25.4 Å². The van der Waals surface area contributed by atoms with Crippen LogP contribution in [0.5, 0.6) is 0 Å². The van der Waals surface area contributed by atoms with Gasteiger partial charge in [0.05, 0.1) is 0 Å². The van der Waals surface area contributed by atoms with Crippen LogP contribution in [0, 0.1) is 6.92 Å². The van der Waals surface area contributed by atoms with Gasteiger partial charge in [0.15, 0.2) is 0 Å². The maximum Gasteiger partial charge on any atom is 0.0360 e. The minimum atomic E-state index is 0.339. The first-order chi connectivity index (χ1) is 6.66. The fraction of sp³-hybridized carbons (Fsp3) is 0.500. The number of rotatable bonds is 1. The highest BCUT2D eigenvalue weighted by molar-refractivity contribution is 5.25. The van der Waals surface area contributed by atoms with E-state index in [1.165, 1.54) is 11.1 Å². The third-order valence-electron chi connectivity index (χ3n) is 3.04. The van der Waals surface area contributed by atoms with Crippen molar-refractivity contribution >= 4 is 0 Å². The summed E-state index contributed by atoms with van der Waals surface area (Å²) in [6.45, 7) is 3.13. The van der Waals surface area contributed by atoms with Gasteiger partial charge in [-0.1, -0.05) is 29.8 Å². The summed E-state index contributed by atoms with van der Waals surface area (Å²) in [6, 6.07) is 9.64. The van der Waals surface area contributed by atoms with Crippen LogP contribution in [0.4, 0.5) is 0 Å². The molecule has 0 aliphatic carbocycles. The summed E-state index contributed by atoms with van der Waals surface area (Å²) in [4.78, 5) is 2.34. The molecule has 2 unspecified atom stereocenters. The molecule has 1 aromatic rings. The van der Waals surface area contributed by atoms with Crippen molar-refractivity contribution in [3.63, 3.8) is 0 Å². The molecule has 0 amide bonds. The van der Waals surface area contributed by atoms with Gasteiger partial charge in [-0.05, 0) is 26.0 Å². The van der Waals surface area contributed by atoms with Crippen LogP contribution in [0.2, 0.25) is 0 Å². The lowest BCUT2D eigenvalue weighted by Gasteiger charge is -2.19. The van der Waals surface area contributed by atoms with Crippen LogP contribution in [0.15, 0.2) is 24.3 Å². The first-order valence-electron chi connectivity index (χ1n) is 5.19. The number of aryl methyl sites for hydroxylation is 1.